The van der Waals surface area contributed by atoms with Crippen molar-refractivity contribution in [1.82, 2.24) is 10.2 Å². The summed E-state index contributed by atoms with van der Waals surface area (Å²) in [7, 11) is 0. The largest absolute Gasteiger partial charge is 0.380 e. The molecule has 0 aliphatic rings. The molecule has 3 heteroatoms. The van der Waals surface area contributed by atoms with Gasteiger partial charge in [-0.15, -0.1) is 0 Å². The van der Waals surface area contributed by atoms with Gasteiger partial charge in [0.25, 0.3) is 0 Å². The maximum atomic E-state index is 4.07. The average molecular weight is 217 g/mol. The minimum absolute atomic E-state index is 0.129. The minimum Gasteiger partial charge on any atom is -0.380 e. The number of hydrogen-bond acceptors (Lipinski definition) is 2. The number of aryl methyl sites for hydroxylation is 1. The highest BCUT2D eigenvalue weighted by atomic mass is 15.1. The van der Waals surface area contributed by atoms with Crippen LogP contribution in [0.4, 0.5) is 5.69 Å². The van der Waals surface area contributed by atoms with Crippen LogP contribution in [-0.2, 0) is 0 Å². The topological polar surface area (TPSA) is 40.7 Å². The molecule has 1 aromatic carbocycles. The van der Waals surface area contributed by atoms with Crippen molar-refractivity contribution in [2.45, 2.75) is 39.7 Å². The second kappa shape index (κ2) is 3.81. The van der Waals surface area contributed by atoms with Gasteiger partial charge in [-0.25, -0.2) is 0 Å². The lowest BCUT2D eigenvalue weighted by molar-refractivity contribution is 0.547. The van der Waals surface area contributed by atoms with E-state index in [0.717, 1.165) is 17.3 Å². The molecule has 0 aliphatic carbocycles. The van der Waals surface area contributed by atoms with E-state index in [2.05, 4.69) is 55.3 Å². The van der Waals surface area contributed by atoms with Gasteiger partial charge in [-0.2, -0.15) is 5.10 Å². The molecular weight excluding hydrogens is 198 g/mol. The first-order valence-electron chi connectivity index (χ1n) is 5.74. The van der Waals surface area contributed by atoms with E-state index in [4.69, 9.17) is 0 Å². The van der Waals surface area contributed by atoms with E-state index in [-0.39, 0.29) is 5.54 Å². The SMILES string of the molecule is CCC(C)(C)Nc1cc(C)c2[nH]ncc2c1. The van der Waals surface area contributed by atoms with Gasteiger partial charge in [0.05, 0.1) is 11.7 Å². The average Bonchev–Trinajstić information content (AvgIpc) is 2.65. The second-order valence-electron chi connectivity index (χ2n) is 4.99. The zero-order chi connectivity index (χ0) is 11.8. The molecule has 1 heterocycles. The molecule has 86 valence electrons. The predicted molar refractivity (Wildman–Crippen MR) is 68.8 cm³/mol. The number of nitrogens with one attached hydrogen (secondary N) is 2. The number of benzene rings is 1. The highest BCUT2D eigenvalue weighted by molar-refractivity contribution is 5.85. The molecule has 3 nitrogen and oxygen atoms in total. The normalized spacial score (nSPS) is 12.0. The molecule has 0 saturated heterocycles. The number of aromatic amines is 1. The molecule has 16 heavy (non-hydrogen) atoms. The molecule has 0 unspecified atom stereocenters. The van der Waals surface area contributed by atoms with Gasteiger partial charge in [0.2, 0.25) is 0 Å². The quantitative estimate of drug-likeness (QED) is 0.826. The van der Waals surface area contributed by atoms with Gasteiger partial charge in [-0.3, -0.25) is 5.10 Å². The Morgan fingerprint density at radius 1 is 1.38 bits per heavy atom. The van der Waals surface area contributed by atoms with E-state index in [0.29, 0.717) is 0 Å². The summed E-state index contributed by atoms with van der Waals surface area (Å²) in [6.45, 7) is 8.71. The maximum absolute atomic E-state index is 4.07. The van der Waals surface area contributed by atoms with Crippen LogP contribution in [0.5, 0.6) is 0 Å². The monoisotopic (exact) mass is 217 g/mol. The molecule has 0 radical (unpaired) electrons. The molecule has 1 aromatic heterocycles. The van der Waals surface area contributed by atoms with Crippen LogP contribution in [0.2, 0.25) is 0 Å². The van der Waals surface area contributed by atoms with Crippen LogP contribution in [0, 0.1) is 6.92 Å². The van der Waals surface area contributed by atoms with Crippen LogP contribution < -0.4 is 5.32 Å². The van der Waals surface area contributed by atoms with Crippen LogP contribution in [0.1, 0.15) is 32.8 Å². The molecule has 2 rings (SSSR count). The summed E-state index contributed by atoms with van der Waals surface area (Å²) in [6.07, 6.45) is 2.96. The molecule has 0 saturated carbocycles. The zero-order valence-corrected chi connectivity index (χ0v) is 10.4. The number of hydrogen-bond donors (Lipinski definition) is 2. The molecular formula is C13H19N3. The third-order valence-electron chi connectivity index (χ3n) is 3.11. The van der Waals surface area contributed by atoms with Crippen molar-refractivity contribution in [3.63, 3.8) is 0 Å². The van der Waals surface area contributed by atoms with Crippen LogP contribution in [0.25, 0.3) is 10.9 Å². The third-order valence-corrected chi connectivity index (χ3v) is 3.11. The molecule has 0 aliphatic heterocycles. The summed E-state index contributed by atoms with van der Waals surface area (Å²) in [5, 5.41) is 11.8. The van der Waals surface area contributed by atoms with Gasteiger partial charge in [0.15, 0.2) is 0 Å². The first-order valence-corrected chi connectivity index (χ1v) is 5.74. The van der Waals surface area contributed by atoms with Crippen LogP contribution in [-0.4, -0.2) is 15.7 Å². The Kier molecular flexibility index (Phi) is 2.62. The zero-order valence-electron chi connectivity index (χ0n) is 10.4. The van der Waals surface area contributed by atoms with E-state index in [9.17, 15) is 0 Å². The van der Waals surface area contributed by atoms with Gasteiger partial charge >= 0.3 is 0 Å². The first kappa shape index (κ1) is 11.0. The molecule has 0 atom stereocenters. The van der Waals surface area contributed by atoms with E-state index in [1.54, 1.807) is 0 Å². The predicted octanol–water partition coefficient (Wildman–Crippen LogP) is 3.47. The summed E-state index contributed by atoms with van der Waals surface area (Å²) in [5.41, 5.74) is 3.65. The summed E-state index contributed by atoms with van der Waals surface area (Å²) < 4.78 is 0. The number of anilines is 1. The number of H-pyrrole nitrogens is 1. The second-order valence-corrected chi connectivity index (χ2v) is 4.99. The van der Waals surface area contributed by atoms with E-state index < -0.39 is 0 Å². The lowest BCUT2D eigenvalue weighted by Crippen LogP contribution is -2.29. The Morgan fingerprint density at radius 3 is 2.81 bits per heavy atom. The van der Waals surface area contributed by atoms with Gasteiger partial charge in [-0.1, -0.05) is 6.92 Å². The van der Waals surface area contributed by atoms with Crippen molar-refractivity contribution < 1.29 is 0 Å². The minimum atomic E-state index is 0.129. The molecule has 2 aromatic rings. The molecule has 0 spiro atoms. The van der Waals surface area contributed by atoms with Gasteiger partial charge < -0.3 is 5.32 Å². The Morgan fingerprint density at radius 2 is 2.12 bits per heavy atom. The van der Waals surface area contributed by atoms with E-state index in [1.165, 1.54) is 11.3 Å². The van der Waals surface area contributed by atoms with E-state index in [1.807, 2.05) is 6.20 Å². The molecule has 2 N–H and O–H groups in total. The van der Waals surface area contributed by atoms with Gasteiger partial charge in [0.1, 0.15) is 0 Å². The summed E-state index contributed by atoms with van der Waals surface area (Å²) in [6, 6.07) is 4.31. The standard InChI is InChI=1S/C13H19N3/c1-5-13(3,4)15-11-6-9(2)12-10(7-11)8-14-16-12/h6-8,15H,5H2,1-4H3,(H,14,16). The van der Waals surface area contributed by atoms with Crippen molar-refractivity contribution in [2.75, 3.05) is 5.32 Å². The van der Waals surface area contributed by atoms with Crippen molar-refractivity contribution in [2.24, 2.45) is 0 Å². The molecule has 0 amide bonds. The van der Waals surface area contributed by atoms with Crippen LogP contribution in [0.3, 0.4) is 0 Å². The Hall–Kier alpha value is -1.51. The molecule has 0 fully saturated rings. The Bertz CT molecular complexity index is 497. The summed E-state index contributed by atoms with van der Waals surface area (Å²) in [5.74, 6) is 0. The van der Waals surface area contributed by atoms with Crippen molar-refractivity contribution in [3.8, 4) is 0 Å². The lowest BCUT2D eigenvalue weighted by Gasteiger charge is -2.26. The van der Waals surface area contributed by atoms with Crippen molar-refractivity contribution in [3.05, 3.63) is 23.9 Å². The van der Waals surface area contributed by atoms with Gasteiger partial charge in [-0.05, 0) is 44.9 Å². The third kappa shape index (κ3) is 2.03. The number of fused-ring (bicyclic) bond motifs is 1. The fraction of sp³-hybridized carbons (Fsp3) is 0.462. The number of aromatic nitrogens is 2. The fourth-order valence-corrected chi connectivity index (χ4v) is 1.79. The first-order chi connectivity index (χ1) is 7.52. The Balaban J connectivity index is 2.38. The smallest absolute Gasteiger partial charge is 0.0680 e. The lowest BCUT2D eigenvalue weighted by atomic mass is 10.0. The van der Waals surface area contributed by atoms with Crippen LogP contribution >= 0.6 is 0 Å². The number of rotatable bonds is 3. The summed E-state index contributed by atoms with van der Waals surface area (Å²) in [4.78, 5) is 0. The summed E-state index contributed by atoms with van der Waals surface area (Å²) >= 11 is 0. The Labute approximate surface area is 96.2 Å². The van der Waals surface area contributed by atoms with Crippen molar-refractivity contribution >= 4 is 16.6 Å². The highest BCUT2D eigenvalue weighted by Crippen LogP contribution is 2.24. The fourth-order valence-electron chi connectivity index (χ4n) is 1.79. The molecule has 0 bridgehead atoms. The van der Waals surface area contributed by atoms with E-state index >= 15 is 0 Å². The maximum Gasteiger partial charge on any atom is 0.0680 e. The highest BCUT2D eigenvalue weighted by Gasteiger charge is 2.14. The number of nitrogens with zero attached hydrogens (tertiary/aromatic N) is 1. The van der Waals surface area contributed by atoms with Gasteiger partial charge in [0, 0.05) is 16.6 Å². The van der Waals surface area contributed by atoms with Crippen molar-refractivity contribution in [1.29, 1.82) is 0 Å². The van der Waals surface area contributed by atoms with Crippen LogP contribution in [0.15, 0.2) is 18.3 Å².